The first-order chi connectivity index (χ1) is 21.4. The second-order valence-electron chi connectivity index (χ2n) is 11.8. The molecule has 0 saturated carbocycles. The van der Waals surface area contributed by atoms with Gasteiger partial charge in [0.2, 0.25) is 15.9 Å². The number of carbonyl (C=O) groups excluding carboxylic acids is 2. The first kappa shape index (κ1) is 35.5. The molecule has 10 nitrogen and oxygen atoms in total. The van der Waals surface area contributed by atoms with Gasteiger partial charge in [-0.15, -0.1) is 0 Å². The minimum atomic E-state index is -3.87. The zero-order valence-electron chi connectivity index (χ0n) is 26.6. The van der Waals surface area contributed by atoms with Crippen molar-refractivity contribution in [3.05, 3.63) is 96.1 Å². The first-order valence-corrected chi connectivity index (χ1v) is 16.7. The Morgan fingerprint density at radius 2 is 1.42 bits per heavy atom. The number of nitrogens with zero attached hydrogens (tertiary/aromatic N) is 2. The SMILES string of the molecule is CC(C)CN(C(CO)CCCCNC(=O)[C@@H](NC(=O)N(C)C)C(c1ccccc1)c1ccccc1)S(=O)(=O)c1ccc(N)cc1. The Morgan fingerprint density at radius 1 is 0.867 bits per heavy atom. The fourth-order valence-corrected chi connectivity index (χ4v) is 7.00. The van der Waals surface area contributed by atoms with E-state index in [2.05, 4.69) is 10.6 Å². The quantitative estimate of drug-likeness (QED) is 0.138. The van der Waals surface area contributed by atoms with Crippen molar-refractivity contribution < 1.29 is 23.1 Å². The van der Waals surface area contributed by atoms with E-state index in [0.717, 1.165) is 11.1 Å². The van der Waals surface area contributed by atoms with Crippen molar-refractivity contribution in [1.82, 2.24) is 19.8 Å². The lowest BCUT2D eigenvalue weighted by Crippen LogP contribution is -2.53. The van der Waals surface area contributed by atoms with Crippen LogP contribution in [0.3, 0.4) is 0 Å². The predicted molar refractivity (Wildman–Crippen MR) is 178 cm³/mol. The molecule has 0 aliphatic heterocycles. The van der Waals surface area contributed by atoms with Crippen LogP contribution in [0.4, 0.5) is 10.5 Å². The standard InChI is InChI=1S/C34H47N5O5S/c1-25(2)23-39(45(43,44)30-20-18-28(35)19-21-30)29(24-40)17-11-12-22-36-33(41)32(37-34(42)38(3)4)31(26-13-7-5-8-14-26)27-15-9-6-10-16-27/h5-10,13-16,18-21,25,29,31-32,40H,11-12,17,22-24,35H2,1-4H3,(H,36,41)(H,37,42)/t29?,32-/m0/s1. The number of carbonyl (C=O) groups is 2. The van der Waals surface area contributed by atoms with Gasteiger partial charge in [-0.1, -0.05) is 80.9 Å². The molecule has 3 rings (SSSR count). The molecular formula is C34H47N5O5S. The van der Waals surface area contributed by atoms with Crippen LogP contribution in [-0.2, 0) is 14.8 Å². The van der Waals surface area contributed by atoms with Crippen molar-refractivity contribution in [3.8, 4) is 0 Å². The maximum Gasteiger partial charge on any atom is 0.317 e. The first-order valence-electron chi connectivity index (χ1n) is 15.3. The van der Waals surface area contributed by atoms with E-state index in [9.17, 15) is 23.1 Å². The minimum absolute atomic E-state index is 0.0402. The largest absolute Gasteiger partial charge is 0.399 e. The number of nitrogens with two attached hydrogens (primary N) is 1. The molecule has 0 aromatic heterocycles. The van der Waals surface area contributed by atoms with Crippen molar-refractivity contribution >= 4 is 27.6 Å². The molecule has 0 saturated heterocycles. The second-order valence-corrected chi connectivity index (χ2v) is 13.7. The average Bonchev–Trinajstić information content (AvgIpc) is 3.02. The number of amides is 3. The molecule has 0 bridgehead atoms. The number of nitrogen functional groups attached to an aromatic ring is 1. The van der Waals surface area contributed by atoms with Gasteiger partial charge in [0.05, 0.1) is 11.5 Å². The van der Waals surface area contributed by atoms with Gasteiger partial charge in [0.15, 0.2) is 0 Å². The zero-order valence-corrected chi connectivity index (χ0v) is 27.4. The predicted octanol–water partition coefficient (Wildman–Crippen LogP) is 4.03. The van der Waals surface area contributed by atoms with Crippen molar-refractivity contribution in [2.24, 2.45) is 5.92 Å². The Morgan fingerprint density at radius 3 is 1.91 bits per heavy atom. The molecule has 3 aromatic carbocycles. The number of rotatable bonds is 16. The summed E-state index contributed by atoms with van der Waals surface area (Å²) in [6.45, 7) is 4.10. The van der Waals surface area contributed by atoms with Crippen molar-refractivity contribution in [3.63, 3.8) is 0 Å². The van der Waals surface area contributed by atoms with Crippen molar-refractivity contribution in [1.29, 1.82) is 0 Å². The highest BCUT2D eigenvalue weighted by atomic mass is 32.2. The van der Waals surface area contributed by atoms with Crippen LogP contribution in [0, 0.1) is 5.92 Å². The number of benzene rings is 3. The Hall–Kier alpha value is -3.93. The molecule has 0 fully saturated rings. The number of sulfonamides is 1. The summed E-state index contributed by atoms with van der Waals surface area (Å²) in [5, 5.41) is 16.1. The van der Waals surface area contributed by atoms with E-state index in [4.69, 9.17) is 5.73 Å². The number of unbranched alkanes of at least 4 members (excludes halogenated alkanes) is 1. The third kappa shape index (κ3) is 10.0. The van der Waals surface area contributed by atoms with Gasteiger partial charge < -0.3 is 26.4 Å². The van der Waals surface area contributed by atoms with Crippen LogP contribution in [0.15, 0.2) is 89.8 Å². The van der Waals surface area contributed by atoms with E-state index in [1.807, 2.05) is 74.5 Å². The molecule has 0 aliphatic carbocycles. The Kier molecular flexibility index (Phi) is 13.4. The van der Waals surface area contributed by atoms with Crippen molar-refractivity contribution in [2.45, 2.75) is 56.0 Å². The minimum Gasteiger partial charge on any atom is -0.399 e. The molecule has 45 heavy (non-hydrogen) atoms. The topological polar surface area (TPSA) is 145 Å². The molecule has 3 amide bonds. The summed E-state index contributed by atoms with van der Waals surface area (Å²) in [6, 6.07) is 23.3. The molecule has 0 aliphatic rings. The van der Waals surface area contributed by atoms with Gasteiger partial charge in [0.1, 0.15) is 6.04 Å². The second kappa shape index (κ2) is 17.0. The summed E-state index contributed by atoms with van der Waals surface area (Å²) in [5.74, 6) is -0.717. The van der Waals surface area contributed by atoms with Gasteiger partial charge >= 0.3 is 6.03 Å². The summed E-state index contributed by atoms with van der Waals surface area (Å²) < 4.78 is 28.5. The normalized spacial score (nSPS) is 13.1. The van der Waals surface area contributed by atoms with Crippen LogP contribution in [0.5, 0.6) is 0 Å². The molecule has 2 atom stereocenters. The van der Waals surface area contributed by atoms with E-state index in [1.165, 1.54) is 21.3 Å². The molecule has 0 heterocycles. The van der Waals surface area contributed by atoms with Crippen LogP contribution in [0.1, 0.15) is 50.2 Å². The average molecular weight is 638 g/mol. The summed E-state index contributed by atoms with van der Waals surface area (Å²) in [7, 11) is -0.623. The van der Waals surface area contributed by atoms with E-state index in [0.29, 0.717) is 31.5 Å². The highest BCUT2D eigenvalue weighted by Gasteiger charge is 2.33. The Labute approximate surface area is 267 Å². The fraction of sp³-hybridized carbons (Fsp3) is 0.412. The molecule has 0 radical (unpaired) electrons. The molecule has 5 N–H and O–H groups in total. The van der Waals surface area contributed by atoms with Crippen LogP contribution in [0.2, 0.25) is 0 Å². The molecule has 1 unspecified atom stereocenters. The van der Waals surface area contributed by atoms with E-state index in [1.54, 1.807) is 26.2 Å². The van der Waals surface area contributed by atoms with E-state index in [-0.39, 0.29) is 35.9 Å². The molecule has 0 spiro atoms. The highest BCUT2D eigenvalue weighted by molar-refractivity contribution is 7.89. The summed E-state index contributed by atoms with van der Waals surface area (Å²) in [5.41, 5.74) is 8.00. The number of hydrogen-bond acceptors (Lipinski definition) is 6. The van der Waals surface area contributed by atoms with Gasteiger partial charge in [0, 0.05) is 44.8 Å². The smallest absolute Gasteiger partial charge is 0.317 e. The molecule has 244 valence electrons. The van der Waals surface area contributed by atoms with Gasteiger partial charge in [-0.3, -0.25) is 4.79 Å². The molecular weight excluding hydrogens is 590 g/mol. The maximum atomic E-state index is 13.7. The Bertz CT molecular complexity index is 1410. The summed E-state index contributed by atoms with van der Waals surface area (Å²) in [4.78, 5) is 28.0. The number of aliphatic hydroxyl groups excluding tert-OH is 1. The monoisotopic (exact) mass is 637 g/mol. The van der Waals surface area contributed by atoms with Gasteiger partial charge in [-0.05, 0) is 54.2 Å². The highest BCUT2D eigenvalue weighted by Crippen LogP contribution is 2.29. The summed E-state index contributed by atoms with van der Waals surface area (Å²) in [6.07, 6.45) is 1.52. The number of urea groups is 1. The number of hydrogen-bond donors (Lipinski definition) is 4. The third-order valence-electron chi connectivity index (χ3n) is 7.53. The number of nitrogens with one attached hydrogen (secondary N) is 2. The zero-order chi connectivity index (χ0) is 33.0. The lowest BCUT2D eigenvalue weighted by atomic mass is 9.84. The van der Waals surface area contributed by atoms with Crippen LogP contribution in [-0.4, -0.2) is 80.5 Å². The van der Waals surface area contributed by atoms with E-state index < -0.39 is 28.0 Å². The fourth-order valence-electron chi connectivity index (χ4n) is 5.19. The lowest BCUT2D eigenvalue weighted by Gasteiger charge is -2.31. The van der Waals surface area contributed by atoms with E-state index >= 15 is 0 Å². The van der Waals surface area contributed by atoms with Gasteiger partial charge in [0.25, 0.3) is 0 Å². The van der Waals surface area contributed by atoms with Gasteiger partial charge in [-0.25, -0.2) is 13.2 Å². The summed E-state index contributed by atoms with van der Waals surface area (Å²) >= 11 is 0. The van der Waals surface area contributed by atoms with Crippen molar-refractivity contribution in [2.75, 3.05) is 39.5 Å². The molecule has 11 heteroatoms. The number of anilines is 1. The number of aliphatic hydroxyl groups is 1. The third-order valence-corrected chi connectivity index (χ3v) is 9.46. The maximum absolute atomic E-state index is 13.7. The van der Waals surface area contributed by atoms with Crippen LogP contribution >= 0.6 is 0 Å². The van der Waals surface area contributed by atoms with Crippen LogP contribution in [0.25, 0.3) is 0 Å². The Balaban J connectivity index is 1.72. The lowest BCUT2D eigenvalue weighted by molar-refractivity contribution is -0.123. The van der Waals surface area contributed by atoms with Crippen LogP contribution < -0.4 is 16.4 Å². The molecule has 3 aromatic rings. The van der Waals surface area contributed by atoms with Gasteiger partial charge in [-0.2, -0.15) is 4.31 Å².